The average Bonchev–Trinajstić information content (AvgIpc) is 3.30. The van der Waals surface area contributed by atoms with E-state index in [-0.39, 0.29) is 10.3 Å². The van der Waals surface area contributed by atoms with Crippen LogP contribution in [0.25, 0.3) is 21.9 Å². The number of phenols is 1. The van der Waals surface area contributed by atoms with Gasteiger partial charge in [0.2, 0.25) is 0 Å². The lowest BCUT2D eigenvalue weighted by molar-refractivity contribution is 0.0757. The molecule has 6 rings (SSSR count). The van der Waals surface area contributed by atoms with Gasteiger partial charge in [-0.1, -0.05) is 77.6 Å². The van der Waals surface area contributed by atoms with E-state index in [1.165, 1.54) is 35.1 Å². The van der Waals surface area contributed by atoms with Crippen molar-refractivity contribution in [3.63, 3.8) is 0 Å². The van der Waals surface area contributed by atoms with Crippen LogP contribution in [0, 0.1) is 17.3 Å². The molecule has 2 aliphatic carbocycles. The molecule has 3 heteroatoms. The molecule has 3 aromatic carbocycles. The molecular weight excluding hydrogens is 436 g/mol. The average molecular weight is 473 g/mol. The lowest BCUT2D eigenvalue weighted by atomic mass is 9.61. The van der Waals surface area contributed by atoms with Gasteiger partial charge in [0.1, 0.15) is 11.5 Å². The van der Waals surface area contributed by atoms with Crippen molar-refractivity contribution in [2.45, 2.75) is 82.5 Å². The fourth-order valence-corrected chi connectivity index (χ4v) is 8.22. The van der Waals surface area contributed by atoms with Crippen LogP contribution >= 0.6 is 11.8 Å². The highest BCUT2D eigenvalue weighted by molar-refractivity contribution is 8.01. The molecule has 1 fully saturated rings. The quantitative estimate of drug-likeness (QED) is 0.404. The number of thioether (sulfide) groups is 1. The van der Waals surface area contributed by atoms with E-state index in [0.717, 1.165) is 34.3 Å². The summed E-state index contributed by atoms with van der Waals surface area (Å²) in [5, 5.41) is 13.4. The standard InChI is InChI=1S/C31H36O2S/c1-18(2)31(19(3)4)33-26-15-22-21(16-27(26)34-31)25(32)17-24-28(22)20-9-7-8-10-23(20)30(24)13-11-29(5,6)12-14-30/h7-10,15-19,32H,11-14H2,1-6H3. The van der Waals surface area contributed by atoms with Crippen LogP contribution in [0.5, 0.6) is 11.5 Å². The van der Waals surface area contributed by atoms with Gasteiger partial charge in [-0.05, 0) is 76.9 Å². The summed E-state index contributed by atoms with van der Waals surface area (Å²) in [4.78, 5) is 0.873. The van der Waals surface area contributed by atoms with E-state index in [2.05, 4.69) is 84.0 Å². The Bertz CT molecular complexity index is 1300. The van der Waals surface area contributed by atoms with Crippen LogP contribution < -0.4 is 4.74 Å². The maximum Gasteiger partial charge on any atom is 0.163 e. The van der Waals surface area contributed by atoms with E-state index in [1.54, 1.807) is 0 Å². The highest BCUT2D eigenvalue weighted by atomic mass is 32.2. The van der Waals surface area contributed by atoms with Crippen molar-refractivity contribution < 1.29 is 9.84 Å². The van der Waals surface area contributed by atoms with E-state index in [9.17, 15) is 5.11 Å². The third kappa shape index (κ3) is 2.89. The molecule has 3 aliphatic rings. The minimum absolute atomic E-state index is 0.00135. The third-order valence-electron chi connectivity index (χ3n) is 9.01. The van der Waals surface area contributed by atoms with Crippen LogP contribution in [0.2, 0.25) is 0 Å². The minimum atomic E-state index is -0.271. The van der Waals surface area contributed by atoms with Crippen molar-refractivity contribution >= 4 is 22.5 Å². The van der Waals surface area contributed by atoms with Crippen molar-refractivity contribution in [2.24, 2.45) is 17.3 Å². The van der Waals surface area contributed by atoms with Crippen LogP contribution in [0.4, 0.5) is 0 Å². The molecular formula is C31H36O2S. The fraction of sp³-hybridized carbons (Fsp3) is 0.484. The molecule has 2 nitrogen and oxygen atoms in total. The van der Waals surface area contributed by atoms with Crippen LogP contribution in [-0.2, 0) is 5.41 Å². The normalized spacial score (nSPS) is 21.1. The van der Waals surface area contributed by atoms with Crippen LogP contribution in [0.3, 0.4) is 0 Å². The number of hydrogen-bond donors (Lipinski definition) is 1. The molecule has 1 aliphatic heterocycles. The van der Waals surface area contributed by atoms with Crippen molar-refractivity contribution in [1.82, 2.24) is 0 Å². The SMILES string of the molecule is CC(C)C1(C(C)C)Oc2cc3c4c(cc(O)c3cc2S1)C1(CCC(C)(C)CC1)c1ccccc1-4. The summed E-state index contributed by atoms with van der Waals surface area (Å²) in [6.07, 6.45) is 4.68. The zero-order valence-electron chi connectivity index (χ0n) is 21.3. The lowest BCUT2D eigenvalue weighted by Crippen LogP contribution is -2.40. The maximum atomic E-state index is 11.4. The summed E-state index contributed by atoms with van der Waals surface area (Å²) in [6.45, 7) is 13.8. The molecule has 0 aromatic heterocycles. The van der Waals surface area contributed by atoms with Crippen LogP contribution in [0.1, 0.15) is 78.4 Å². The maximum absolute atomic E-state index is 11.4. The predicted molar refractivity (Wildman–Crippen MR) is 143 cm³/mol. The van der Waals surface area contributed by atoms with E-state index < -0.39 is 0 Å². The number of benzene rings is 3. The Morgan fingerprint density at radius 3 is 2.21 bits per heavy atom. The van der Waals surface area contributed by atoms with E-state index in [0.29, 0.717) is 23.0 Å². The topological polar surface area (TPSA) is 29.5 Å². The molecule has 1 N–H and O–H groups in total. The second kappa shape index (κ2) is 7.20. The molecule has 0 radical (unpaired) electrons. The zero-order valence-corrected chi connectivity index (χ0v) is 22.1. The summed E-state index contributed by atoms with van der Waals surface area (Å²) >= 11 is 1.83. The first-order chi connectivity index (χ1) is 16.1. The van der Waals surface area contributed by atoms with Gasteiger partial charge in [-0.2, -0.15) is 0 Å². The summed E-state index contributed by atoms with van der Waals surface area (Å²) in [6, 6.07) is 15.5. The fourth-order valence-electron chi connectivity index (χ4n) is 6.90. The first-order valence-electron chi connectivity index (χ1n) is 12.9. The largest absolute Gasteiger partial charge is 0.507 e. The van der Waals surface area contributed by atoms with Gasteiger partial charge in [0.05, 0.1) is 4.90 Å². The van der Waals surface area contributed by atoms with Crippen molar-refractivity contribution in [1.29, 1.82) is 0 Å². The van der Waals surface area contributed by atoms with Gasteiger partial charge in [0, 0.05) is 22.6 Å². The third-order valence-corrected chi connectivity index (χ3v) is 10.9. The van der Waals surface area contributed by atoms with Crippen molar-refractivity contribution in [2.75, 3.05) is 0 Å². The van der Waals surface area contributed by atoms with Gasteiger partial charge >= 0.3 is 0 Å². The summed E-state index contributed by atoms with van der Waals surface area (Å²) in [7, 11) is 0. The summed E-state index contributed by atoms with van der Waals surface area (Å²) < 4.78 is 6.76. The number of hydrogen-bond acceptors (Lipinski definition) is 3. The van der Waals surface area contributed by atoms with Gasteiger partial charge in [0.25, 0.3) is 0 Å². The van der Waals surface area contributed by atoms with E-state index in [4.69, 9.17) is 4.74 Å². The highest BCUT2D eigenvalue weighted by Gasteiger charge is 2.49. The Morgan fingerprint density at radius 1 is 0.853 bits per heavy atom. The zero-order chi connectivity index (χ0) is 24.0. The number of ether oxygens (including phenoxy) is 1. The molecule has 0 amide bonds. The predicted octanol–water partition coefficient (Wildman–Crippen LogP) is 8.90. The van der Waals surface area contributed by atoms with Gasteiger partial charge in [0.15, 0.2) is 4.93 Å². The smallest absolute Gasteiger partial charge is 0.163 e. The monoisotopic (exact) mass is 472 g/mol. The first kappa shape index (κ1) is 22.3. The molecule has 3 aromatic rings. The molecule has 0 atom stereocenters. The highest BCUT2D eigenvalue weighted by Crippen LogP contribution is 2.62. The lowest BCUT2D eigenvalue weighted by Gasteiger charge is -2.43. The van der Waals surface area contributed by atoms with Crippen LogP contribution in [0.15, 0.2) is 47.4 Å². The molecule has 178 valence electrons. The Kier molecular flexibility index (Phi) is 4.73. The van der Waals surface area contributed by atoms with E-state index in [1.807, 2.05) is 11.8 Å². The number of phenolic OH excluding ortho intramolecular Hbond substituents is 1. The first-order valence-corrected chi connectivity index (χ1v) is 13.7. The molecule has 0 unspecified atom stereocenters. The Labute approximate surface area is 208 Å². The van der Waals surface area contributed by atoms with Gasteiger partial charge in [-0.25, -0.2) is 0 Å². The Morgan fingerprint density at radius 2 is 1.53 bits per heavy atom. The second-order valence-electron chi connectivity index (χ2n) is 12.2. The number of fused-ring (bicyclic) bond motifs is 8. The van der Waals surface area contributed by atoms with Crippen molar-refractivity contribution in [3.05, 3.63) is 53.6 Å². The van der Waals surface area contributed by atoms with Crippen LogP contribution in [-0.4, -0.2) is 10.0 Å². The molecule has 34 heavy (non-hydrogen) atoms. The Hall–Kier alpha value is -2.13. The number of aromatic hydroxyl groups is 1. The summed E-state index contributed by atoms with van der Waals surface area (Å²) in [5.41, 5.74) is 5.80. The molecule has 1 spiro atoms. The van der Waals surface area contributed by atoms with Gasteiger partial charge in [-0.15, -0.1) is 0 Å². The second-order valence-corrected chi connectivity index (χ2v) is 13.5. The summed E-state index contributed by atoms with van der Waals surface area (Å²) in [5.74, 6) is 2.13. The Balaban J connectivity index is 1.59. The molecule has 1 saturated carbocycles. The van der Waals surface area contributed by atoms with E-state index >= 15 is 0 Å². The molecule has 1 heterocycles. The van der Waals surface area contributed by atoms with Crippen molar-refractivity contribution in [3.8, 4) is 22.6 Å². The van der Waals surface area contributed by atoms with Gasteiger partial charge in [-0.3, -0.25) is 0 Å². The molecule has 0 saturated heterocycles. The van der Waals surface area contributed by atoms with Gasteiger partial charge < -0.3 is 9.84 Å². The number of rotatable bonds is 2. The molecule has 0 bridgehead atoms. The minimum Gasteiger partial charge on any atom is -0.507 e.